The molecule has 15 nitrogen and oxygen atoms in total. The number of hydrogen-bond donors (Lipinski definition) is 2. The van der Waals surface area contributed by atoms with E-state index in [1.54, 1.807) is 17.0 Å². The molecule has 1 spiro atoms. The summed E-state index contributed by atoms with van der Waals surface area (Å²) < 4.78 is 110. The number of sulfone groups is 1. The Bertz CT molecular complexity index is 3090. The Morgan fingerprint density at radius 2 is 1.50 bits per heavy atom. The molecule has 2 unspecified atom stereocenters. The Balaban J connectivity index is 0.833. The number of halogens is 4. The average Bonchev–Trinajstić information content (AvgIpc) is 4.20. The zero-order chi connectivity index (χ0) is 57.1. The fourth-order valence-electron chi connectivity index (χ4n) is 11.3. The van der Waals surface area contributed by atoms with Gasteiger partial charge in [-0.1, -0.05) is 54.4 Å². The van der Waals surface area contributed by atoms with Crippen molar-refractivity contribution in [2.45, 2.75) is 104 Å². The molecule has 5 aliphatic rings. The molecule has 9 rings (SSSR count). The van der Waals surface area contributed by atoms with Crippen LogP contribution in [0.3, 0.4) is 0 Å². The van der Waals surface area contributed by atoms with Crippen molar-refractivity contribution in [3.05, 3.63) is 119 Å². The van der Waals surface area contributed by atoms with E-state index in [4.69, 9.17) is 21.1 Å². The van der Waals surface area contributed by atoms with Crippen LogP contribution in [-0.2, 0) is 29.3 Å². The van der Waals surface area contributed by atoms with E-state index in [0.29, 0.717) is 75.7 Å². The zero-order valence-electron chi connectivity index (χ0n) is 45.9. The number of benzene rings is 4. The van der Waals surface area contributed by atoms with Crippen LogP contribution in [-0.4, -0.2) is 169 Å². The Morgan fingerprint density at radius 1 is 0.825 bits per heavy atom. The number of carbonyl (C=O) groups is 2. The first kappa shape index (κ1) is 59.7. The standard InChI is InChI=1S/C58H73ClF3N7O8S3/c1-55(2,3)77-54(71)68-32-28-66(29-33-68)40-56(4)22-20-50(42-10-14-45(59)15-11-42)44(37-56)38-65-26-30-67(31-27-65)47-16-12-43(13-17-47)53(70)64-80(74,75)49-18-19-51(52(36-49)79(72,73)58(60,61)62)63-46(39-78-48-8-6-5-7-9-48)21-25-69-34-35-76-41-57(69)23-24-57/h5-19,36,46,63H,20-35,37-41H2,1-4H3,(H,64,70). The number of piperazine rings is 2. The van der Waals surface area contributed by atoms with Gasteiger partial charge in [0.1, 0.15) is 10.5 Å². The molecule has 2 aliphatic carbocycles. The van der Waals surface area contributed by atoms with Crippen LogP contribution in [0.25, 0.3) is 5.57 Å². The molecule has 0 aromatic heterocycles. The predicted molar refractivity (Wildman–Crippen MR) is 308 cm³/mol. The first-order valence-corrected chi connectivity index (χ1v) is 31.7. The highest BCUT2D eigenvalue weighted by molar-refractivity contribution is 7.99. The van der Waals surface area contributed by atoms with Crippen LogP contribution in [0, 0.1) is 5.41 Å². The molecule has 4 aromatic rings. The lowest BCUT2D eigenvalue weighted by molar-refractivity contribution is -0.0436. The smallest absolute Gasteiger partial charge is 0.444 e. The minimum atomic E-state index is -6.09. The van der Waals surface area contributed by atoms with Crippen molar-refractivity contribution < 1.29 is 49.1 Å². The van der Waals surface area contributed by atoms with Gasteiger partial charge in [-0.15, -0.1) is 11.8 Å². The van der Waals surface area contributed by atoms with Gasteiger partial charge in [0.05, 0.1) is 23.8 Å². The largest absolute Gasteiger partial charge is 0.501 e. The molecule has 4 aromatic carbocycles. The van der Waals surface area contributed by atoms with E-state index >= 15 is 0 Å². The van der Waals surface area contributed by atoms with Crippen LogP contribution in [0.2, 0.25) is 5.02 Å². The summed E-state index contributed by atoms with van der Waals surface area (Å²) in [5, 5.41) is 3.74. The van der Waals surface area contributed by atoms with Crippen molar-refractivity contribution in [3.8, 4) is 0 Å². The highest BCUT2D eigenvalue weighted by Gasteiger charge is 2.50. The lowest BCUT2D eigenvalue weighted by Gasteiger charge is -2.44. The lowest BCUT2D eigenvalue weighted by atomic mass is 9.71. The van der Waals surface area contributed by atoms with Crippen LogP contribution < -0.4 is 14.9 Å². The van der Waals surface area contributed by atoms with Crippen molar-refractivity contribution in [1.82, 2.24) is 24.3 Å². The van der Waals surface area contributed by atoms with Crippen molar-refractivity contribution >= 4 is 72.2 Å². The van der Waals surface area contributed by atoms with Crippen molar-refractivity contribution in [2.75, 3.05) is 108 Å². The summed E-state index contributed by atoms with van der Waals surface area (Å²) in [5.41, 5.74) is -1.99. The number of alkyl halides is 3. The normalized spacial score (nSPS) is 21.1. The number of morpholine rings is 1. The number of ether oxygens (including phenoxy) is 2. The Kier molecular flexibility index (Phi) is 18.3. The fourth-order valence-corrected chi connectivity index (χ4v) is 14.5. The maximum Gasteiger partial charge on any atom is 0.501 e. The minimum Gasteiger partial charge on any atom is -0.444 e. The lowest BCUT2D eigenvalue weighted by Crippen LogP contribution is -2.52. The van der Waals surface area contributed by atoms with Gasteiger partial charge in [0, 0.05) is 117 Å². The number of hydrogen-bond acceptors (Lipinski definition) is 14. The molecule has 3 saturated heterocycles. The van der Waals surface area contributed by atoms with Crippen molar-refractivity contribution in [1.29, 1.82) is 0 Å². The molecular weight excluding hydrogens is 1110 g/mol. The van der Waals surface area contributed by atoms with E-state index in [1.165, 1.54) is 40.6 Å². The number of rotatable bonds is 18. The molecule has 2 atom stereocenters. The maximum atomic E-state index is 14.4. The number of sulfonamides is 1. The number of amides is 2. The highest BCUT2D eigenvalue weighted by Crippen LogP contribution is 2.46. The molecule has 2 amide bonds. The fraction of sp³-hybridized carbons (Fsp3) is 0.517. The number of nitrogens with one attached hydrogen (secondary N) is 2. The highest BCUT2D eigenvalue weighted by atomic mass is 35.5. The third-order valence-electron chi connectivity index (χ3n) is 15.9. The zero-order valence-corrected chi connectivity index (χ0v) is 49.1. The summed E-state index contributed by atoms with van der Waals surface area (Å²) in [6, 6.07) is 25.9. The molecule has 22 heteroatoms. The molecular formula is C58H73ClF3N7O8S3. The molecule has 4 fully saturated rings. The summed E-state index contributed by atoms with van der Waals surface area (Å²) in [5.74, 6) is -0.671. The molecule has 0 bridgehead atoms. The summed E-state index contributed by atoms with van der Waals surface area (Å²) >= 11 is 7.79. The van der Waals surface area contributed by atoms with Gasteiger partial charge in [-0.3, -0.25) is 19.5 Å². The third-order valence-corrected chi connectivity index (χ3v) is 20.2. The molecule has 2 N–H and O–H groups in total. The summed E-state index contributed by atoms with van der Waals surface area (Å²) in [7, 11) is -11.0. The monoisotopic (exact) mass is 1180 g/mol. The van der Waals surface area contributed by atoms with Gasteiger partial charge >= 0.3 is 11.6 Å². The van der Waals surface area contributed by atoms with E-state index in [-0.39, 0.29) is 22.6 Å². The molecule has 3 aliphatic heterocycles. The van der Waals surface area contributed by atoms with Gasteiger partial charge in [0.2, 0.25) is 0 Å². The number of allylic oxidation sites excluding steroid dienone is 1. The number of carbonyl (C=O) groups excluding carboxylic acids is 2. The third kappa shape index (κ3) is 14.8. The van der Waals surface area contributed by atoms with Crippen LogP contribution >= 0.6 is 23.4 Å². The predicted octanol–water partition coefficient (Wildman–Crippen LogP) is 9.90. The number of anilines is 2. The SMILES string of the molecule is CC1(CN2CCN(C(=O)OC(C)(C)C)CC2)CCC(c2ccc(Cl)cc2)=C(CN2CCN(c3ccc(C(=O)NS(=O)(=O)c4ccc(NC(CCN5CCOCC56CC6)CSc5ccccc5)c(S(=O)(=O)C(F)(F)F)c4)cc3)CC2)C1. The molecule has 1 saturated carbocycles. The molecule has 3 heterocycles. The molecule has 80 heavy (non-hydrogen) atoms. The summed E-state index contributed by atoms with van der Waals surface area (Å²) in [6.45, 7) is 17.9. The van der Waals surface area contributed by atoms with Crippen LogP contribution in [0.1, 0.15) is 82.1 Å². The first-order chi connectivity index (χ1) is 37.9. The first-order valence-electron chi connectivity index (χ1n) is 27.4. The Hall–Kier alpha value is -4.87. The van der Waals surface area contributed by atoms with Gasteiger partial charge in [-0.05, 0) is 143 Å². The molecule has 434 valence electrons. The minimum absolute atomic E-state index is 0.0173. The Labute approximate surface area is 478 Å². The van der Waals surface area contributed by atoms with Gasteiger partial charge < -0.3 is 24.6 Å². The second-order valence-electron chi connectivity index (χ2n) is 23.2. The van der Waals surface area contributed by atoms with E-state index < -0.39 is 58.4 Å². The van der Waals surface area contributed by atoms with Crippen LogP contribution in [0.4, 0.5) is 29.3 Å². The maximum absolute atomic E-state index is 14.4. The van der Waals surface area contributed by atoms with Gasteiger partial charge in [-0.25, -0.2) is 26.4 Å². The topological polar surface area (TPSA) is 161 Å². The van der Waals surface area contributed by atoms with Crippen LogP contribution in [0.5, 0.6) is 0 Å². The van der Waals surface area contributed by atoms with Gasteiger partial charge in [-0.2, -0.15) is 13.2 Å². The number of thioether (sulfide) groups is 1. The summed E-state index contributed by atoms with van der Waals surface area (Å²) in [6.07, 6.45) is 5.03. The quantitative estimate of drug-likeness (QED) is 0.0906. The van der Waals surface area contributed by atoms with Gasteiger partial charge in [0.25, 0.3) is 25.8 Å². The number of nitrogens with zero attached hydrogens (tertiary/aromatic N) is 5. The van der Waals surface area contributed by atoms with Crippen LogP contribution in [0.15, 0.2) is 117 Å². The second kappa shape index (κ2) is 24.5. The van der Waals surface area contributed by atoms with Gasteiger partial charge in [0.15, 0.2) is 0 Å². The Morgan fingerprint density at radius 3 is 2.15 bits per heavy atom. The average molecular weight is 1180 g/mol. The van der Waals surface area contributed by atoms with E-state index in [9.17, 15) is 39.6 Å². The van der Waals surface area contributed by atoms with E-state index in [2.05, 4.69) is 44.0 Å². The second-order valence-corrected chi connectivity index (χ2v) is 28.3. The van der Waals surface area contributed by atoms with Crippen molar-refractivity contribution in [2.24, 2.45) is 5.41 Å². The van der Waals surface area contributed by atoms with E-state index in [1.807, 2.05) is 68.0 Å². The van der Waals surface area contributed by atoms with E-state index in [0.717, 1.165) is 94.1 Å². The molecule has 0 radical (unpaired) electrons. The summed E-state index contributed by atoms with van der Waals surface area (Å²) in [4.78, 5) is 36.4. The van der Waals surface area contributed by atoms with Crippen molar-refractivity contribution in [3.63, 3.8) is 0 Å².